The van der Waals surface area contributed by atoms with Crippen molar-refractivity contribution < 1.29 is 9.13 Å². The summed E-state index contributed by atoms with van der Waals surface area (Å²) in [5, 5.41) is 0. The Hall–Kier alpha value is -1.09. The van der Waals surface area contributed by atoms with Gasteiger partial charge in [0, 0.05) is 12.6 Å². The fraction of sp³-hybridized carbons (Fsp3) is 0.455. The molecule has 2 N–H and O–H groups in total. The van der Waals surface area contributed by atoms with Gasteiger partial charge in [-0.15, -0.1) is 0 Å². The molecule has 3 heteroatoms. The van der Waals surface area contributed by atoms with Crippen LogP contribution in [0.2, 0.25) is 0 Å². The molecule has 0 saturated heterocycles. The number of hydrogen-bond acceptors (Lipinski definition) is 2. The molecule has 0 radical (unpaired) electrons. The van der Waals surface area contributed by atoms with E-state index < -0.39 is 0 Å². The number of halogens is 1. The van der Waals surface area contributed by atoms with E-state index in [9.17, 15) is 4.39 Å². The van der Waals surface area contributed by atoms with Crippen molar-refractivity contribution in [3.8, 4) is 5.75 Å². The Morgan fingerprint density at radius 2 is 1.93 bits per heavy atom. The monoisotopic (exact) mass is 197 g/mol. The molecule has 0 aliphatic heterocycles. The highest BCUT2D eigenvalue weighted by molar-refractivity contribution is 5.29. The van der Waals surface area contributed by atoms with Crippen LogP contribution < -0.4 is 10.5 Å². The van der Waals surface area contributed by atoms with Crippen molar-refractivity contribution in [2.24, 2.45) is 5.73 Å². The second-order valence-corrected chi connectivity index (χ2v) is 4.21. The molecule has 0 amide bonds. The first-order valence-corrected chi connectivity index (χ1v) is 4.59. The van der Waals surface area contributed by atoms with E-state index in [1.807, 2.05) is 20.8 Å². The number of hydrogen-bond donors (Lipinski definition) is 1. The molecule has 0 atom stereocenters. The van der Waals surface area contributed by atoms with Crippen LogP contribution in [-0.2, 0) is 6.54 Å². The second-order valence-electron chi connectivity index (χ2n) is 4.21. The minimum Gasteiger partial charge on any atom is -0.488 e. The van der Waals surface area contributed by atoms with Crippen molar-refractivity contribution in [3.63, 3.8) is 0 Å². The Morgan fingerprint density at radius 3 is 2.43 bits per heavy atom. The van der Waals surface area contributed by atoms with E-state index in [2.05, 4.69) is 0 Å². The lowest BCUT2D eigenvalue weighted by atomic mass is 10.1. The summed E-state index contributed by atoms with van der Waals surface area (Å²) in [6.45, 7) is 6.07. The third kappa shape index (κ3) is 3.34. The van der Waals surface area contributed by atoms with Crippen molar-refractivity contribution in [2.45, 2.75) is 32.9 Å². The molecule has 0 saturated carbocycles. The van der Waals surface area contributed by atoms with Gasteiger partial charge < -0.3 is 10.5 Å². The summed E-state index contributed by atoms with van der Waals surface area (Å²) in [7, 11) is 0. The number of benzene rings is 1. The van der Waals surface area contributed by atoms with Gasteiger partial charge in [-0.05, 0) is 38.5 Å². The molecule has 0 aliphatic carbocycles. The Bertz CT molecular complexity index is 318. The van der Waals surface area contributed by atoms with Crippen LogP contribution in [0.3, 0.4) is 0 Å². The van der Waals surface area contributed by atoms with Crippen molar-refractivity contribution in [1.29, 1.82) is 0 Å². The molecule has 2 nitrogen and oxygen atoms in total. The second kappa shape index (κ2) is 3.96. The standard InChI is InChI=1S/C11H16FNO/c1-11(2,3)14-10-5-8(7-13)4-9(12)6-10/h4-6H,7,13H2,1-3H3. The predicted molar refractivity (Wildman–Crippen MR) is 54.7 cm³/mol. The first kappa shape index (κ1) is 11.0. The van der Waals surface area contributed by atoms with Crippen LogP contribution in [0.15, 0.2) is 18.2 Å². The summed E-state index contributed by atoms with van der Waals surface area (Å²) >= 11 is 0. The molecule has 1 aromatic rings. The maximum absolute atomic E-state index is 13.1. The van der Waals surface area contributed by atoms with Gasteiger partial charge in [0.25, 0.3) is 0 Å². The average molecular weight is 197 g/mol. The molecule has 1 aromatic carbocycles. The van der Waals surface area contributed by atoms with Crippen LogP contribution in [0.5, 0.6) is 5.75 Å². The Morgan fingerprint density at radius 1 is 1.29 bits per heavy atom. The van der Waals surface area contributed by atoms with Gasteiger partial charge in [-0.2, -0.15) is 0 Å². The Balaban J connectivity index is 2.92. The van der Waals surface area contributed by atoms with Gasteiger partial charge in [0.1, 0.15) is 17.2 Å². The summed E-state index contributed by atoms with van der Waals surface area (Å²) in [4.78, 5) is 0. The molecule has 78 valence electrons. The van der Waals surface area contributed by atoms with Gasteiger partial charge in [-0.1, -0.05) is 0 Å². The highest BCUT2D eigenvalue weighted by Gasteiger charge is 2.12. The largest absolute Gasteiger partial charge is 0.488 e. The number of rotatable bonds is 2. The lowest BCUT2D eigenvalue weighted by molar-refractivity contribution is 0.130. The maximum atomic E-state index is 13.1. The molecule has 0 aliphatic rings. The molecular weight excluding hydrogens is 181 g/mol. The Kier molecular flexibility index (Phi) is 3.11. The molecule has 0 fully saturated rings. The number of nitrogens with two attached hydrogens (primary N) is 1. The summed E-state index contributed by atoms with van der Waals surface area (Å²) in [6.07, 6.45) is 0. The normalized spacial score (nSPS) is 11.5. The van der Waals surface area contributed by atoms with Crippen LogP contribution >= 0.6 is 0 Å². The minimum absolute atomic E-state index is 0.313. The van der Waals surface area contributed by atoms with Gasteiger partial charge in [0.15, 0.2) is 0 Å². The zero-order valence-electron chi connectivity index (χ0n) is 8.80. The van der Waals surface area contributed by atoms with Crippen molar-refractivity contribution in [1.82, 2.24) is 0 Å². The lowest BCUT2D eigenvalue weighted by Gasteiger charge is -2.21. The smallest absolute Gasteiger partial charge is 0.127 e. The molecule has 0 aromatic heterocycles. The summed E-state index contributed by atoms with van der Waals surface area (Å²) in [6, 6.07) is 4.54. The maximum Gasteiger partial charge on any atom is 0.127 e. The van der Waals surface area contributed by atoms with Gasteiger partial charge in [-0.25, -0.2) is 4.39 Å². The molecular formula is C11H16FNO. The van der Waals surface area contributed by atoms with Crippen LogP contribution in [-0.4, -0.2) is 5.60 Å². The lowest BCUT2D eigenvalue weighted by Crippen LogP contribution is -2.23. The third-order valence-electron chi connectivity index (χ3n) is 1.59. The van der Waals surface area contributed by atoms with Crippen LogP contribution in [0.4, 0.5) is 4.39 Å². The SMILES string of the molecule is CC(C)(C)Oc1cc(F)cc(CN)c1. The fourth-order valence-corrected chi connectivity index (χ4v) is 1.15. The van der Waals surface area contributed by atoms with Crippen molar-refractivity contribution in [2.75, 3.05) is 0 Å². The molecule has 14 heavy (non-hydrogen) atoms. The average Bonchev–Trinajstić information content (AvgIpc) is 1.99. The zero-order chi connectivity index (χ0) is 10.8. The van der Waals surface area contributed by atoms with Crippen LogP contribution in [0, 0.1) is 5.82 Å². The van der Waals surface area contributed by atoms with Crippen molar-refractivity contribution in [3.05, 3.63) is 29.6 Å². The van der Waals surface area contributed by atoms with Crippen molar-refractivity contribution >= 4 is 0 Å². The predicted octanol–water partition coefficient (Wildman–Crippen LogP) is 2.46. The van der Waals surface area contributed by atoms with Gasteiger partial charge in [0.05, 0.1) is 0 Å². The molecule has 0 unspecified atom stereocenters. The fourth-order valence-electron chi connectivity index (χ4n) is 1.15. The Labute approximate surface area is 83.9 Å². The van der Waals surface area contributed by atoms with Crippen LogP contribution in [0.25, 0.3) is 0 Å². The van der Waals surface area contributed by atoms with Gasteiger partial charge >= 0.3 is 0 Å². The molecule has 0 bridgehead atoms. The number of ether oxygens (including phenoxy) is 1. The summed E-state index contributed by atoms with van der Waals surface area (Å²) in [5.41, 5.74) is 5.85. The first-order chi connectivity index (χ1) is 6.40. The van der Waals surface area contributed by atoms with E-state index in [-0.39, 0.29) is 11.4 Å². The molecule has 0 spiro atoms. The van der Waals surface area contributed by atoms with E-state index in [0.29, 0.717) is 12.3 Å². The summed E-state index contributed by atoms with van der Waals surface area (Å²) < 4.78 is 18.6. The summed E-state index contributed by atoms with van der Waals surface area (Å²) in [5.74, 6) is 0.213. The third-order valence-corrected chi connectivity index (χ3v) is 1.59. The topological polar surface area (TPSA) is 35.2 Å². The quantitative estimate of drug-likeness (QED) is 0.790. The minimum atomic E-state index is -0.320. The highest BCUT2D eigenvalue weighted by atomic mass is 19.1. The van der Waals surface area contributed by atoms with Gasteiger partial charge in [0.2, 0.25) is 0 Å². The van der Waals surface area contributed by atoms with E-state index in [1.54, 1.807) is 6.07 Å². The van der Waals surface area contributed by atoms with E-state index in [0.717, 1.165) is 5.56 Å². The van der Waals surface area contributed by atoms with E-state index in [1.165, 1.54) is 12.1 Å². The molecule has 0 heterocycles. The van der Waals surface area contributed by atoms with E-state index >= 15 is 0 Å². The molecule has 1 rings (SSSR count). The van der Waals surface area contributed by atoms with Crippen LogP contribution in [0.1, 0.15) is 26.3 Å². The zero-order valence-corrected chi connectivity index (χ0v) is 8.80. The highest BCUT2D eigenvalue weighted by Crippen LogP contribution is 2.20. The van der Waals surface area contributed by atoms with Gasteiger partial charge in [-0.3, -0.25) is 0 Å². The first-order valence-electron chi connectivity index (χ1n) is 4.59. The van der Waals surface area contributed by atoms with E-state index in [4.69, 9.17) is 10.5 Å².